The van der Waals surface area contributed by atoms with Crippen LogP contribution in [0.1, 0.15) is 12.5 Å². The Bertz CT molecular complexity index is 601. The van der Waals surface area contributed by atoms with Crippen molar-refractivity contribution in [3.05, 3.63) is 40.2 Å². The molecule has 1 heterocycles. The smallest absolute Gasteiger partial charge is 0.256 e. The number of nitrogens with one attached hydrogen (secondary N) is 2. The summed E-state index contributed by atoms with van der Waals surface area (Å²) in [5.74, 6) is 0. The van der Waals surface area contributed by atoms with Crippen molar-refractivity contribution in [3.63, 3.8) is 0 Å². The number of aromatic amines is 1. The van der Waals surface area contributed by atoms with Gasteiger partial charge in [0.05, 0.1) is 5.03 Å². The van der Waals surface area contributed by atoms with Crippen LogP contribution in [-0.2, 0) is 0 Å². The number of pyridine rings is 1. The lowest BCUT2D eigenvalue weighted by Gasteiger charge is -2.07. The summed E-state index contributed by atoms with van der Waals surface area (Å²) in [5, 5.41) is 9.48. The van der Waals surface area contributed by atoms with Gasteiger partial charge in [-0.1, -0.05) is 18.2 Å². The molecule has 0 aliphatic rings. The van der Waals surface area contributed by atoms with Crippen LogP contribution >= 0.6 is 12.6 Å². The standard InChI is InChI=1S/C11H10N2OS/c1-6(12)9-7-4-2-3-5-8(7)10(14)13-11(9)15/h2-5,12H,1H3,(H2,13,14,15). The monoisotopic (exact) mass is 218 g/mol. The van der Waals surface area contributed by atoms with E-state index in [4.69, 9.17) is 5.41 Å². The quantitative estimate of drug-likeness (QED) is 0.499. The second-order valence-electron chi connectivity index (χ2n) is 3.35. The highest BCUT2D eigenvalue weighted by Gasteiger charge is 2.09. The average Bonchev–Trinajstić information content (AvgIpc) is 2.17. The van der Waals surface area contributed by atoms with E-state index < -0.39 is 0 Å². The molecule has 0 amide bonds. The van der Waals surface area contributed by atoms with Crippen molar-refractivity contribution in [1.29, 1.82) is 5.41 Å². The van der Waals surface area contributed by atoms with Crippen LogP contribution in [0.3, 0.4) is 0 Å². The van der Waals surface area contributed by atoms with Gasteiger partial charge in [-0.25, -0.2) is 0 Å². The van der Waals surface area contributed by atoms with Crippen LogP contribution in [0, 0.1) is 5.41 Å². The predicted molar refractivity (Wildman–Crippen MR) is 64.3 cm³/mol. The Labute approximate surface area is 92.1 Å². The highest BCUT2D eigenvalue weighted by molar-refractivity contribution is 7.80. The topological polar surface area (TPSA) is 56.7 Å². The first-order valence-corrected chi connectivity index (χ1v) is 4.95. The summed E-state index contributed by atoms with van der Waals surface area (Å²) in [4.78, 5) is 14.2. The first-order chi connectivity index (χ1) is 7.11. The largest absolute Gasteiger partial charge is 0.316 e. The number of fused-ring (bicyclic) bond motifs is 1. The van der Waals surface area contributed by atoms with Crippen LogP contribution in [0.2, 0.25) is 0 Å². The van der Waals surface area contributed by atoms with Gasteiger partial charge in [-0.05, 0) is 18.4 Å². The second-order valence-corrected chi connectivity index (χ2v) is 3.80. The van der Waals surface area contributed by atoms with E-state index in [-0.39, 0.29) is 5.56 Å². The van der Waals surface area contributed by atoms with Crippen molar-refractivity contribution in [2.75, 3.05) is 0 Å². The van der Waals surface area contributed by atoms with Gasteiger partial charge in [0.15, 0.2) is 0 Å². The molecule has 1 aromatic carbocycles. The minimum Gasteiger partial charge on any atom is -0.316 e. The number of aromatic nitrogens is 1. The molecule has 0 aliphatic heterocycles. The number of hydrogen-bond donors (Lipinski definition) is 3. The van der Waals surface area contributed by atoms with Gasteiger partial charge in [0.25, 0.3) is 5.56 Å². The molecular weight excluding hydrogens is 208 g/mol. The molecule has 0 aliphatic carbocycles. The van der Waals surface area contributed by atoms with Crippen molar-refractivity contribution in [2.45, 2.75) is 11.9 Å². The van der Waals surface area contributed by atoms with Crippen LogP contribution < -0.4 is 5.56 Å². The van der Waals surface area contributed by atoms with E-state index in [1.807, 2.05) is 12.1 Å². The Balaban J connectivity index is 3.03. The third kappa shape index (κ3) is 1.57. The van der Waals surface area contributed by atoms with E-state index in [9.17, 15) is 4.79 Å². The normalized spacial score (nSPS) is 10.5. The summed E-state index contributed by atoms with van der Waals surface area (Å²) in [6.07, 6.45) is 0. The van der Waals surface area contributed by atoms with E-state index in [2.05, 4.69) is 17.6 Å². The van der Waals surface area contributed by atoms with E-state index in [1.54, 1.807) is 19.1 Å². The molecule has 0 bridgehead atoms. The van der Waals surface area contributed by atoms with Gasteiger partial charge in [0.1, 0.15) is 0 Å². The number of thiol groups is 1. The Morgan fingerprint density at radius 3 is 2.53 bits per heavy atom. The minimum atomic E-state index is -0.166. The maximum atomic E-state index is 11.6. The molecule has 0 atom stereocenters. The molecule has 0 saturated carbocycles. The number of rotatable bonds is 1. The molecule has 0 saturated heterocycles. The van der Waals surface area contributed by atoms with Gasteiger partial charge >= 0.3 is 0 Å². The Kier molecular flexibility index (Phi) is 2.36. The number of hydrogen-bond acceptors (Lipinski definition) is 3. The highest BCUT2D eigenvalue weighted by Crippen LogP contribution is 2.20. The van der Waals surface area contributed by atoms with Gasteiger partial charge in [-0.2, -0.15) is 0 Å². The van der Waals surface area contributed by atoms with Crippen molar-refractivity contribution in [3.8, 4) is 0 Å². The molecule has 3 nitrogen and oxygen atoms in total. The summed E-state index contributed by atoms with van der Waals surface area (Å²) in [7, 11) is 0. The van der Waals surface area contributed by atoms with E-state index in [0.717, 1.165) is 5.39 Å². The van der Waals surface area contributed by atoms with Crippen molar-refractivity contribution >= 4 is 29.1 Å². The van der Waals surface area contributed by atoms with Gasteiger partial charge in [-0.15, -0.1) is 12.6 Å². The zero-order valence-electron chi connectivity index (χ0n) is 8.16. The van der Waals surface area contributed by atoms with Gasteiger partial charge in [0.2, 0.25) is 0 Å². The Morgan fingerprint density at radius 1 is 1.33 bits per heavy atom. The third-order valence-corrected chi connectivity index (χ3v) is 2.62. The highest BCUT2D eigenvalue weighted by atomic mass is 32.1. The van der Waals surface area contributed by atoms with Crippen LogP contribution in [0.4, 0.5) is 0 Å². The molecule has 2 aromatic rings. The van der Waals surface area contributed by atoms with Crippen LogP contribution in [0.15, 0.2) is 34.1 Å². The molecule has 0 spiro atoms. The fourth-order valence-electron chi connectivity index (χ4n) is 1.64. The lowest BCUT2D eigenvalue weighted by atomic mass is 10.0. The first-order valence-electron chi connectivity index (χ1n) is 4.51. The lowest BCUT2D eigenvalue weighted by Crippen LogP contribution is -2.11. The Morgan fingerprint density at radius 2 is 1.93 bits per heavy atom. The van der Waals surface area contributed by atoms with Gasteiger partial charge < -0.3 is 10.4 Å². The van der Waals surface area contributed by atoms with Crippen molar-refractivity contribution in [2.24, 2.45) is 0 Å². The van der Waals surface area contributed by atoms with Gasteiger partial charge in [-0.3, -0.25) is 4.79 Å². The van der Waals surface area contributed by atoms with Crippen LogP contribution in [0.25, 0.3) is 10.8 Å². The third-order valence-electron chi connectivity index (χ3n) is 2.28. The number of H-pyrrole nitrogens is 1. The molecule has 4 heteroatoms. The maximum Gasteiger partial charge on any atom is 0.256 e. The van der Waals surface area contributed by atoms with E-state index >= 15 is 0 Å². The molecule has 0 radical (unpaired) electrons. The van der Waals surface area contributed by atoms with E-state index in [0.29, 0.717) is 21.7 Å². The molecule has 0 unspecified atom stereocenters. The predicted octanol–water partition coefficient (Wildman–Crippen LogP) is 2.20. The summed E-state index contributed by atoms with van der Waals surface area (Å²) >= 11 is 4.19. The lowest BCUT2D eigenvalue weighted by molar-refractivity contribution is 1.10. The fraction of sp³-hybridized carbons (Fsp3) is 0.0909. The van der Waals surface area contributed by atoms with Crippen molar-refractivity contribution in [1.82, 2.24) is 4.98 Å². The van der Waals surface area contributed by atoms with Gasteiger partial charge in [0, 0.05) is 16.7 Å². The SMILES string of the molecule is CC(=N)c1c(S)[nH]c(=O)c2ccccc12. The second kappa shape index (κ2) is 3.55. The zero-order valence-corrected chi connectivity index (χ0v) is 9.06. The molecule has 2 N–H and O–H groups in total. The molecule has 76 valence electrons. The molecule has 15 heavy (non-hydrogen) atoms. The summed E-state index contributed by atoms with van der Waals surface area (Å²) in [5.41, 5.74) is 0.918. The summed E-state index contributed by atoms with van der Waals surface area (Å²) in [6.45, 7) is 1.68. The molecule has 0 fully saturated rings. The molecular formula is C11H10N2OS. The summed E-state index contributed by atoms with van der Waals surface area (Å²) in [6, 6.07) is 7.23. The first kappa shape index (κ1) is 9.98. The summed E-state index contributed by atoms with van der Waals surface area (Å²) < 4.78 is 0. The average molecular weight is 218 g/mol. The van der Waals surface area contributed by atoms with Crippen LogP contribution in [-0.4, -0.2) is 10.7 Å². The maximum absolute atomic E-state index is 11.6. The van der Waals surface area contributed by atoms with Crippen LogP contribution in [0.5, 0.6) is 0 Å². The minimum absolute atomic E-state index is 0.166. The zero-order chi connectivity index (χ0) is 11.0. The fourth-order valence-corrected chi connectivity index (χ4v) is 2.03. The number of benzene rings is 1. The van der Waals surface area contributed by atoms with E-state index in [1.165, 1.54) is 0 Å². The molecule has 2 rings (SSSR count). The Hall–Kier alpha value is -1.55. The molecule has 1 aromatic heterocycles. The van der Waals surface area contributed by atoms with Crippen molar-refractivity contribution < 1.29 is 0 Å².